The van der Waals surface area contributed by atoms with Gasteiger partial charge in [0.15, 0.2) is 25.8 Å². The predicted molar refractivity (Wildman–Crippen MR) is 238 cm³/mol. The Balaban J connectivity index is 0.0000122. The van der Waals surface area contributed by atoms with E-state index in [-0.39, 0.29) is 29.9 Å². The summed E-state index contributed by atoms with van der Waals surface area (Å²) < 4.78 is 160. The number of aromatic carboxylic acids is 1. The molecule has 4 aromatic rings. The van der Waals surface area contributed by atoms with Gasteiger partial charge in [-0.3, -0.25) is 18.5 Å². The molecule has 0 fully saturated rings. The van der Waals surface area contributed by atoms with E-state index in [0.29, 0.717) is 17.6 Å². The van der Waals surface area contributed by atoms with Gasteiger partial charge in [-0.25, -0.2) is 25.8 Å². The van der Waals surface area contributed by atoms with Gasteiger partial charge in [-0.2, -0.15) is 35.5 Å². The van der Waals surface area contributed by atoms with Gasteiger partial charge in [-0.1, -0.05) is 12.1 Å². The van der Waals surface area contributed by atoms with Gasteiger partial charge in [0.2, 0.25) is 0 Å². The number of nitrogen functional groups attached to an aromatic ring is 2. The number of carboxylic acid groups (broad SMARTS) is 1. The van der Waals surface area contributed by atoms with Crippen molar-refractivity contribution in [1.29, 1.82) is 0 Å². The molecular formula is C34H36N8O20S6. The number of thioether (sulfide) groups is 1. The molecule has 0 atom stereocenters. The van der Waals surface area contributed by atoms with Gasteiger partial charge in [-0.05, 0) is 84.0 Å². The van der Waals surface area contributed by atoms with Crippen LogP contribution in [0.1, 0.15) is 23.7 Å². The highest BCUT2D eigenvalue weighted by Crippen LogP contribution is 2.49. The molecule has 34 heteroatoms. The summed E-state index contributed by atoms with van der Waals surface area (Å²) in [6.07, 6.45) is 1.88. The number of nitrogens with zero attached hydrogens (tertiary/aromatic N) is 6. The molecular weight excluding hydrogens is 1030 g/mol. The van der Waals surface area contributed by atoms with Crippen LogP contribution in [0.5, 0.6) is 0 Å². The molecule has 0 unspecified atom stereocenters. The lowest BCUT2D eigenvalue weighted by Crippen LogP contribution is -2.15. The Labute approximate surface area is 391 Å². The van der Waals surface area contributed by atoms with E-state index in [1.54, 1.807) is 6.92 Å². The van der Waals surface area contributed by atoms with Crippen LogP contribution in [0.2, 0.25) is 0 Å². The van der Waals surface area contributed by atoms with Gasteiger partial charge in [0.1, 0.15) is 33.2 Å². The average molecular weight is 1070 g/mol. The molecule has 28 nitrogen and oxygen atoms in total. The van der Waals surface area contributed by atoms with Crippen molar-refractivity contribution in [2.24, 2.45) is 30.7 Å². The third kappa shape index (κ3) is 16.6. The minimum Gasteiger partial charge on any atom is -0.478 e. The molecule has 0 aliphatic rings. The van der Waals surface area contributed by atoms with E-state index in [2.05, 4.69) is 49.3 Å². The molecule has 0 aromatic heterocycles. The molecule has 0 saturated heterocycles. The fourth-order valence-corrected chi connectivity index (χ4v) is 9.24. The molecule has 368 valence electrons. The number of nitrogens with two attached hydrogens (primary N) is 2. The van der Waals surface area contributed by atoms with Crippen LogP contribution in [0.15, 0.2) is 117 Å². The second-order valence-electron chi connectivity index (χ2n) is 12.6. The van der Waals surface area contributed by atoms with Crippen LogP contribution < -0.4 is 11.5 Å². The summed E-state index contributed by atoms with van der Waals surface area (Å²) in [6, 6.07) is 12.6. The highest BCUT2D eigenvalue weighted by Gasteiger charge is 2.28. The fourth-order valence-electron chi connectivity index (χ4n) is 5.05. The third-order valence-corrected chi connectivity index (χ3v) is 13.7. The highest BCUT2D eigenvalue weighted by molar-refractivity contribution is 8.04. The van der Waals surface area contributed by atoms with Crippen molar-refractivity contribution in [3.63, 3.8) is 0 Å². The monoisotopic (exact) mass is 1070 g/mol. The van der Waals surface area contributed by atoms with Crippen molar-refractivity contribution in [3.8, 4) is 11.4 Å². The van der Waals surface area contributed by atoms with Crippen LogP contribution in [0, 0.1) is 11.4 Å². The number of ether oxygens (including phenoxy) is 1. The van der Waals surface area contributed by atoms with Crippen LogP contribution in [-0.2, 0) is 68.7 Å². The maximum Gasteiger partial charge on any atom is 0.433 e. The Morgan fingerprint density at radius 3 is 1.85 bits per heavy atom. The topological polar surface area (TPSA) is 463 Å². The van der Waals surface area contributed by atoms with Gasteiger partial charge in [0.05, 0.1) is 50.7 Å². The lowest BCUT2D eigenvalue weighted by atomic mass is 10.1. The molecule has 0 heterocycles. The molecule has 0 bridgehead atoms. The molecule has 0 aliphatic carbocycles. The van der Waals surface area contributed by atoms with Gasteiger partial charge < -0.3 is 26.8 Å². The third-order valence-electron chi connectivity index (χ3n) is 7.92. The van der Waals surface area contributed by atoms with Gasteiger partial charge in [0, 0.05) is 23.4 Å². The summed E-state index contributed by atoms with van der Waals surface area (Å²) in [5, 5.41) is 36.3. The zero-order valence-corrected chi connectivity index (χ0v) is 39.2. The Kier molecular flexibility index (Phi) is 19.7. The van der Waals surface area contributed by atoms with Crippen LogP contribution >= 0.6 is 11.8 Å². The summed E-state index contributed by atoms with van der Waals surface area (Å²) in [6.45, 7) is 1.14. The normalized spacial score (nSPS) is 12.5. The van der Waals surface area contributed by atoms with Gasteiger partial charge >= 0.3 is 26.8 Å². The summed E-state index contributed by atoms with van der Waals surface area (Å²) in [5.41, 5.74) is 7.46. The number of hydrogen-bond acceptors (Lipinski definition) is 24. The smallest absolute Gasteiger partial charge is 0.433 e. The molecule has 0 radical (unpaired) electrons. The first-order valence-corrected chi connectivity index (χ1v) is 26.2. The Morgan fingerprint density at radius 1 is 0.691 bits per heavy atom. The zero-order chi connectivity index (χ0) is 49.8. The van der Waals surface area contributed by atoms with E-state index in [0.717, 1.165) is 36.0 Å². The minimum absolute atomic E-state index is 0. The van der Waals surface area contributed by atoms with Crippen LogP contribution in [-0.4, -0.2) is 104 Å². The SMILES string of the molecule is CCOCCCS(=O)(=O)c1ccc(N=Nc2c(N)c(N=Nc3cccc(S(=O)(=O)CCOS(=O)(=O)O)c3)c(N)c(N=Nc3cccc(SC#COOS(=O)(=O)O)c3)c2C(=O)O)c(S(=O)(=O)O)c1.O. The molecule has 68 heavy (non-hydrogen) atoms. The van der Waals surface area contributed by atoms with E-state index in [1.807, 2.05) is 6.11 Å². The van der Waals surface area contributed by atoms with Crippen LogP contribution in [0.3, 0.4) is 0 Å². The number of anilines is 2. The first kappa shape index (κ1) is 56.3. The van der Waals surface area contributed by atoms with Crippen molar-refractivity contribution in [2.75, 3.05) is 42.8 Å². The van der Waals surface area contributed by atoms with E-state index >= 15 is 0 Å². The van der Waals surface area contributed by atoms with Crippen molar-refractivity contribution in [3.05, 3.63) is 72.3 Å². The van der Waals surface area contributed by atoms with Crippen molar-refractivity contribution in [1.82, 2.24) is 0 Å². The van der Waals surface area contributed by atoms with Gasteiger partial charge in [0.25, 0.3) is 10.1 Å². The average Bonchev–Trinajstić information content (AvgIpc) is 3.23. The van der Waals surface area contributed by atoms with Gasteiger partial charge in [-0.15, -0.1) is 20.5 Å². The maximum absolute atomic E-state index is 13.0. The second kappa shape index (κ2) is 23.8. The number of hydrogen-bond donors (Lipinski definition) is 6. The van der Waals surface area contributed by atoms with Crippen LogP contribution in [0.4, 0.5) is 45.5 Å². The van der Waals surface area contributed by atoms with Crippen molar-refractivity contribution < 1.29 is 89.3 Å². The molecule has 4 aromatic carbocycles. The summed E-state index contributed by atoms with van der Waals surface area (Å²) in [4.78, 5) is 15.3. The maximum atomic E-state index is 13.0. The lowest BCUT2D eigenvalue weighted by molar-refractivity contribution is -0.135. The summed E-state index contributed by atoms with van der Waals surface area (Å²) in [7, 11) is -23.6. The second-order valence-corrected chi connectivity index (χ2v) is 21.1. The Hall–Kier alpha value is -6.07. The first-order chi connectivity index (χ1) is 31.2. The number of carboxylic acids is 1. The highest BCUT2D eigenvalue weighted by atomic mass is 32.3. The number of carbonyl (C=O) groups is 1. The molecule has 10 N–H and O–H groups in total. The lowest BCUT2D eigenvalue weighted by Gasteiger charge is -2.13. The first-order valence-electron chi connectivity index (χ1n) is 17.9. The van der Waals surface area contributed by atoms with E-state index in [4.69, 9.17) is 25.3 Å². The number of sulfone groups is 2. The van der Waals surface area contributed by atoms with Crippen molar-refractivity contribution in [2.45, 2.75) is 32.9 Å². The Morgan fingerprint density at radius 2 is 1.26 bits per heavy atom. The summed E-state index contributed by atoms with van der Waals surface area (Å²) in [5.74, 6) is -3.20. The fraction of sp³-hybridized carbons (Fsp3) is 0.206. The van der Waals surface area contributed by atoms with Crippen LogP contribution in [0.25, 0.3) is 0 Å². The number of rotatable bonds is 22. The summed E-state index contributed by atoms with van der Waals surface area (Å²) >= 11 is 0.739. The standard InChI is InChI=1S/C34H34N8O19S6.H2O/c1-2-58-12-5-16-63(45,46)25-10-11-26(27(20-25)65(49,50)51)39-41-32-28(34(43)44)31(40-37-21-6-3-8-23(18-21)62-15-13-59-61-67(55,56)57)29(35)33(30(32)36)42-38-22-7-4-9-24(19-22)64(47,48)17-14-60-66(52,53)54;/h3-4,6-11,18-20H,2,5,12,14,16-17,35-36H2,1H3,(H,43,44)(H,49,50,51)(H,52,53,54)(H,55,56,57);1H2. The molecule has 4 rings (SSSR count). The quantitative estimate of drug-likeness (QED) is 0.00901. The minimum atomic E-state index is -5.26. The van der Waals surface area contributed by atoms with E-state index < -0.39 is 129 Å². The number of benzene rings is 4. The molecule has 0 aliphatic heterocycles. The molecule has 0 saturated carbocycles. The zero-order valence-electron chi connectivity index (χ0n) is 34.3. The molecule has 0 spiro atoms. The Bertz CT molecular complexity index is 3270. The van der Waals surface area contributed by atoms with E-state index in [1.165, 1.54) is 36.4 Å². The largest absolute Gasteiger partial charge is 0.478 e. The van der Waals surface area contributed by atoms with Crippen molar-refractivity contribution >= 4 is 114 Å². The predicted octanol–water partition coefficient (Wildman–Crippen LogP) is 4.77. The van der Waals surface area contributed by atoms with E-state index in [9.17, 15) is 56.5 Å². The molecule has 0 amide bonds. The number of azo groups is 3.